The second-order valence-corrected chi connectivity index (χ2v) is 4.36. The van der Waals surface area contributed by atoms with Crippen molar-refractivity contribution in [2.45, 2.75) is 0 Å². The Morgan fingerprint density at radius 1 is 1.04 bits per heavy atom. The second kappa shape index (κ2) is 6.76. The highest BCUT2D eigenvalue weighted by Gasteiger charge is 2.11. The van der Waals surface area contributed by atoms with Crippen molar-refractivity contribution in [1.82, 2.24) is 0 Å². The first-order chi connectivity index (χ1) is 11.1. The lowest BCUT2D eigenvalue weighted by Crippen LogP contribution is -2.03. The Hall–Kier alpha value is -3.82. The maximum Gasteiger partial charge on any atom is 0.153 e. The zero-order chi connectivity index (χ0) is 16.8. The molecular formula is C17H9FN4O. The van der Waals surface area contributed by atoms with E-state index in [0.717, 1.165) is 0 Å². The molecule has 1 heterocycles. The van der Waals surface area contributed by atoms with Crippen molar-refractivity contribution in [1.29, 1.82) is 15.8 Å². The van der Waals surface area contributed by atoms with Gasteiger partial charge in [-0.05, 0) is 24.3 Å². The highest BCUT2D eigenvalue weighted by atomic mass is 19.1. The highest BCUT2D eigenvalue weighted by molar-refractivity contribution is 5.66. The van der Waals surface area contributed by atoms with E-state index < -0.39 is 5.82 Å². The minimum Gasteiger partial charge on any atom is -0.457 e. The van der Waals surface area contributed by atoms with Crippen LogP contribution in [0.25, 0.3) is 17.4 Å². The van der Waals surface area contributed by atoms with Gasteiger partial charge in [-0.3, -0.25) is 0 Å². The molecule has 0 spiro atoms. The summed E-state index contributed by atoms with van der Waals surface area (Å²) < 4.78 is 19.2. The molecule has 6 heteroatoms. The number of nitrogens with zero attached hydrogens (tertiary/aromatic N) is 3. The summed E-state index contributed by atoms with van der Waals surface area (Å²) >= 11 is 0. The number of hydrogen-bond donors (Lipinski definition) is 1. The number of allylic oxidation sites excluding steroid dienone is 2. The van der Waals surface area contributed by atoms with Crippen LogP contribution in [0.5, 0.6) is 0 Å². The van der Waals surface area contributed by atoms with Crippen LogP contribution in [0.3, 0.4) is 0 Å². The Bertz CT molecular complexity index is 916. The van der Waals surface area contributed by atoms with Gasteiger partial charge in [0.05, 0.1) is 16.8 Å². The molecule has 0 atom stereocenters. The molecule has 2 aromatic rings. The summed E-state index contributed by atoms with van der Waals surface area (Å²) in [5.74, 6) is 0.0986. The molecule has 0 radical (unpaired) electrons. The minimum absolute atomic E-state index is 0.0856. The number of benzene rings is 1. The first-order valence-corrected chi connectivity index (χ1v) is 6.37. The first kappa shape index (κ1) is 15.6. The van der Waals surface area contributed by atoms with E-state index >= 15 is 0 Å². The van der Waals surface area contributed by atoms with Gasteiger partial charge in [-0.1, -0.05) is 12.1 Å². The summed E-state index contributed by atoms with van der Waals surface area (Å²) in [6, 6.07) is 14.2. The van der Waals surface area contributed by atoms with Crippen molar-refractivity contribution >= 4 is 6.08 Å². The molecule has 0 bridgehead atoms. The summed E-state index contributed by atoms with van der Waals surface area (Å²) in [6.45, 7) is 0. The van der Waals surface area contributed by atoms with Crippen molar-refractivity contribution in [2.24, 2.45) is 5.73 Å². The van der Waals surface area contributed by atoms with Crippen molar-refractivity contribution < 1.29 is 8.81 Å². The van der Waals surface area contributed by atoms with Crippen molar-refractivity contribution in [3.05, 3.63) is 64.8 Å². The van der Waals surface area contributed by atoms with Gasteiger partial charge in [-0.2, -0.15) is 15.8 Å². The molecule has 2 N–H and O–H groups in total. The van der Waals surface area contributed by atoms with Crippen LogP contribution in [-0.2, 0) is 0 Å². The SMILES string of the molecule is N#CC(=Cc1ccc(-c2ccccc2F)o1)C(N)=C(C#N)C#N. The maximum absolute atomic E-state index is 13.7. The van der Waals surface area contributed by atoms with Gasteiger partial charge in [-0.25, -0.2) is 4.39 Å². The van der Waals surface area contributed by atoms with E-state index in [1.165, 1.54) is 18.2 Å². The standard InChI is InChI=1S/C17H9FN4O/c18-15-4-2-1-3-14(15)16-6-5-13(23-16)7-11(8-19)17(22)12(9-20)10-21/h1-7H,22H2. The van der Waals surface area contributed by atoms with Crippen LogP contribution >= 0.6 is 0 Å². The molecule has 1 aromatic carbocycles. The largest absolute Gasteiger partial charge is 0.457 e. The highest BCUT2D eigenvalue weighted by Crippen LogP contribution is 2.26. The Kier molecular flexibility index (Phi) is 4.57. The van der Waals surface area contributed by atoms with Crippen LogP contribution in [0.15, 0.2) is 57.7 Å². The van der Waals surface area contributed by atoms with E-state index in [9.17, 15) is 4.39 Å². The molecule has 1 aromatic heterocycles. The third-order valence-corrected chi connectivity index (χ3v) is 2.96. The van der Waals surface area contributed by atoms with Crippen molar-refractivity contribution in [2.75, 3.05) is 0 Å². The molecule has 110 valence electrons. The molecule has 0 saturated carbocycles. The Labute approximate surface area is 131 Å². The van der Waals surface area contributed by atoms with E-state index in [2.05, 4.69) is 0 Å². The number of halogens is 1. The topological polar surface area (TPSA) is 111 Å². The zero-order valence-corrected chi connectivity index (χ0v) is 11.7. The predicted octanol–water partition coefficient (Wildman–Crippen LogP) is 3.25. The van der Waals surface area contributed by atoms with E-state index in [1.54, 1.807) is 42.5 Å². The molecular weight excluding hydrogens is 295 g/mol. The van der Waals surface area contributed by atoms with E-state index in [0.29, 0.717) is 0 Å². The van der Waals surface area contributed by atoms with Gasteiger partial charge in [0.15, 0.2) is 5.57 Å². The fraction of sp³-hybridized carbons (Fsp3) is 0. The molecule has 2 rings (SSSR count). The van der Waals surface area contributed by atoms with E-state index in [4.69, 9.17) is 25.9 Å². The van der Waals surface area contributed by atoms with Crippen LogP contribution in [0.2, 0.25) is 0 Å². The smallest absolute Gasteiger partial charge is 0.153 e. The van der Waals surface area contributed by atoms with E-state index in [1.807, 2.05) is 0 Å². The van der Waals surface area contributed by atoms with Gasteiger partial charge in [0, 0.05) is 6.08 Å². The van der Waals surface area contributed by atoms with E-state index in [-0.39, 0.29) is 33.9 Å². The first-order valence-electron chi connectivity index (χ1n) is 6.37. The average Bonchev–Trinajstić information content (AvgIpc) is 3.02. The Morgan fingerprint density at radius 2 is 1.74 bits per heavy atom. The van der Waals surface area contributed by atoms with Crippen LogP contribution in [-0.4, -0.2) is 0 Å². The molecule has 0 unspecified atom stereocenters. The third-order valence-electron chi connectivity index (χ3n) is 2.96. The number of rotatable bonds is 3. The number of hydrogen-bond acceptors (Lipinski definition) is 5. The van der Waals surface area contributed by atoms with Gasteiger partial charge in [-0.15, -0.1) is 0 Å². The molecule has 0 fully saturated rings. The lowest BCUT2D eigenvalue weighted by Gasteiger charge is -1.99. The normalized spacial score (nSPS) is 10.3. The third kappa shape index (κ3) is 3.26. The molecule has 0 amide bonds. The maximum atomic E-state index is 13.7. The molecule has 0 aliphatic rings. The number of nitriles is 3. The van der Waals surface area contributed by atoms with Gasteiger partial charge < -0.3 is 10.2 Å². The summed E-state index contributed by atoms with van der Waals surface area (Å²) in [5.41, 5.74) is 5.22. The fourth-order valence-corrected chi connectivity index (χ4v) is 1.83. The lowest BCUT2D eigenvalue weighted by atomic mass is 10.1. The van der Waals surface area contributed by atoms with Crippen LogP contribution in [0.1, 0.15) is 5.76 Å². The van der Waals surface area contributed by atoms with Crippen LogP contribution in [0, 0.1) is 39.8 Å². The average molecular weight is 304 g/mol. The van der Waals surface area contributed by atoms with Gasteiger partial charge in [0.1, 0.15) is 35.5 Å². The second-order valence-electron chi connectivity index (χ2n) is 4.36. The Morgan fingerprint density at radius 3 is 2.35 bits per heavy atom. The summed E-state index contributed by atoms with van der Waals surface area (Å²) in [6.07, 6.45) is 1.29. The van der Waals surface area contributed by atoms with Crippen molar-refractivity contribution in [3.8, 4) is 29.5 Å². The predicted molar refractivity (Wildman–Crippen MR) is 80.1 cm³/mol. The zero-order valence-electron chi connectivity index (χ0n) is 11.7. The van der Waals surface area contributed by atoms with Crippen LogP contribution < -0.4 is 5.73 Å². The lowest BCUT2D eigenvalue weighted by molar-refractivity contribution is 0.560. The monoisotopic (exact) mass is 304 g/mol. The summed E-state index contributed by atoms with van der Waals surface area (Å²) in [5, 5.41) is 26.7. The molecule has 0 aliphatic carbocycles. The van der Waals surface area contributed by atoms with Gasteiger partial charge >= 0.3 is 0 Å². The Balaban J connectivity index is 2.44. The fourth-order valence-electron chi connectivity index (χ4n) is 1.83. The number of nitrogens with two attached hydrogens (primary N) is 1. The molecule has 23 heavy (non-hydrogen) atoms. The van der Waals surface area contributed by atoms with Gasteiger partial charge in [0.2, 0.25) is 0 Å². The molecule has 0 saturated heterocycles. The number of furan rings is 1. The molecule has 0 aliphatic heterocycles. The van der Waals surface area contributed by atoms with Crippen LogP contribution in [0.4, 0.5) is 4.39 Å². The summed E-state index contributed by atoms with van der Waals surface area (Å²) in [7, 11) is 0. The summed E-state index contributed by atoms with van der Waals surface area (Å²) in [4.78, 5) is 0. The quantitative estimate of drug-likeness (QED) is 0.691. The minimum atomic E-state index is -0.437. The molecule has 5 nitrogen and oxygen atoms in total. The van der Waals surface area contributed by atoms with Gasteiger partial charge in [0.25, 0.3) is 0 Å². The van der Waals surface area contributed by atoms with Crippen molar-refractivity contribution in [3.63, 3.8) is 0 Å².